The zero-order valence-corrected chi connectivity index (χ0v) is 11.8. The van der Waals surface area contributed by atoms with Crippen molar-refractivity contribution in [3.63, 3.8) is 0 Å². The molecule has 0 fully saturated rings. The highest BCUT2D eigenvalue weighted by Crippen LogP contribution is 2.10. The maximum absolute atomic E-state index is 11.9. The van der Waals surface area contributed by atoms with Gasteiger partial charge < -0.3 is 5.32 Å². The van der Waals surface area contributed by atoms with Crippen molar-refractivity contribution < 1.29 is 4.79 Å². The summed E-state index contributed by atoms with van der Waals surface area (Å²) >= 11 is 0. The average molecular weight is 277 g/mol. The molecule has 0 saturated carbocycles. The van der Waals surface area contributed by atoms with Crippen molar-refractivity contribution in [1.82, 2.24) is 10.3 Å². The highest BCUT2D eigenvalue weighted by Gasteiger charge is 2.05. The Labute approximate surface area is 119 Å². The van der Waals surface area contributed by atoms with Crippen LogP contribution in [-0.2, 0) is 6.54 Å². The predicted octanol–water partition coefficient (Wildman–Crippen LogP) is 3.05. The number of hydrogen-bond acceptors (Lipinski definition) is 2. The fourth-order valence-electron chi connectivity index (χ4n) is 1.77. The van der Waals surface area contributed by atoms with Crippen LogP contribution in [0.15, 0.2) is 42.7 Å². The van der Waals surface area contributed by atoms with Crippen molar-refractivity contribution in [2.45, 2.75) is 20.4 Å². The van der Waals surface area contributed by atoms with E-state index in [9.17, 15) is 4.79 Å². The molecule has 100 valence electrons. The van der Waals surface area contributed by atoms with Crippen LogP contribution < -0.4 is 5.32 Å². The number of halogens is 1. The molecule has 1 amide bonds. The van der Waals surface area contributed by atoms with Gasteiger partial charge in [0, 0.05) is 24.5 Å². The Kier molecular flexibility index (Phi) is 5.52. The molecule has 0 spiro atoms. The summed E-state index contributed by atoms with van der Waals surface area (Å²) in [5, 5.41) is 2.92. The van der Waals surface area contributed by atoms with Crippen molar-refractivity contribution in [3.8, 4) is 0 Å². The zero-order valence-electron chi connectivity index (χ0n) is 11.0. The van der Waals surface area contributed by atoms with Crippen LogP contribution in [0.5, 0.6) is 0 Å². The van der Waals surface area contributed by atoms with Crippen LogP contribution in [0.3, 0.4) is 0 Å². The molecule has 0 saturated heterocycles. The van der Waals surface area contributed by atoms with Crippen molar-refractivity contribution in [1.29, 1.82) is 0 Å². The van der Waals surface area contributed by atoms with Gasteiger partial charge in [-0.1, -0.05) is 23.8 Å². The van der Waals surface area contributed by atoms with Gasteiger partial charge in [-0.15, -0.1) is 12.4 Å². The first-order valence-corrected chi connectivity index (χ1v) is 5.91. The molecular weight excluding hydrogens is 260 g/mol. The number of aromatic nitrogens is 1. The monoisotopic (exact) mass is 276 g/mol. The molecule has 2 rings (SSSR count). The van der Waals surface area contributed by atoms with E-state index < -0.39 is 0 Å². The number of benzene rings is 1. The first-order chi connectivity index (χ1) is 8.66. The summed E-state index contributed by atoms with van der Waals surface area (Å²) in [5.74, 6) is -0.0710. The Balaban J connectivity index is 0.00000180. The molecular formula is C15H17ClN2O. The van der Waals surface area contributed by atoms with Crippen molar-refractivity contribution >= 4 is 18.3 Å². The molecule has 0 unspecified atom stereocenters. The summed E-state index contributed by atoms with van der Waals surface area (Å²) in [4.78, 5) is 15.8. The Morgan fingerprint density at radius 1 is 1.16 bits per heavy atom. The van der Waals surface area contributed by atoms with Crippen molar-refractivity contribution in [2.75, 3.05) is 0 Å². The first kappa shape index (κ1) is 15.2. The van der Waals surface area contributed by atoms with E-state index in [1.165, 1.54) is 11.1 Å². The maximum Gasteiger partial charge on any atom is 0.251 e. The van der Waals surface area contributed by atoms with E-state index in [2.05, 4.69) is 28.5 Å². The van der Waals surface area contributed by atoms with Gasteiger partial charge in [0.15, 0.2) is 0 Å². The number of aryl methyl sites for hydroxylation is 2. The second-order valence-corrected chi connectivity index (χ2v) is 4.35. The van der Waals surface area contributed by atoms with E-state index in [1.807, 2.05) is 13.8 Å². The second kappa shape index (κ2) is 6.90. The zero-order chi connectivity index (χ0) is 13.0. The number of rotatable bonds is 3. The molecule has 0 bridgehead atoms. The fraction of sp³-hybridized carbons (Fsp3) is 0.200. The Morgan fingerprint density at radius 3 is 2.53 bits per heavy atom. The number of hydrogen-bond donors (Lipinski definition) is 1. The van der Waals surface area contributed by atoms with Gasteiger partial charge in [0.2, 0.25) is 0 Å². The lowest BCUT2D eigenvalue weighted by atomic mass is 10.1. The van der Waals surface area contributed by atoms with Gasteiger partial charge in [0.25, 0.3) is 5.91 Å². The maximum atomic E-state index is 11.9. The number of nitrogens with zero attached hydrogens (tertiary/aromatic N) is 1. The molecule has 4 heteroatoms. The molecule has 19 heavy (non-hydrogen) atoms. The largest absolute Gasteiger partial charge is 0.348 e. The van der Waals surface area contributed by atoms with E-state index in [0.29, 0.717) is 12.1 Å². The third-order valence-electron chi connectivity index (χ3n) is 2.89. The van der Waals surface area contributed by atoms with Gasteiger partial charge in [-0.3, -0.25) is 9.78 Å². The summed E-state index contributed by atoms with van der Waals surface area (Å²) in [7, 11) is 0. The topological polar surface area (TPSA) is 42.0 Å². The van der Waals surface area contributed by atoms with Crippen molar-refractivity contribution in [2.24, 2.45) is 0 Å². The van der Waals surface area contributed by atoms with Crippen LogP contribution in [0.2, 0.25) is 0 Å². The Hall–Kier alpha value is -1.87. The Bertz CT molecular complexity index is 555. The lowest BCUT2D eigenvalue weighted by Gasteiger charge is -2.09. The highest BCUT2D eigenvalue weighted by atomic mass is 35.5. The van der Waals surface area contributed by atoms with Gasteiger partial charge in [-0.05, 0) is 37.1 Å². The minimum absolute atomic E-state index is 0. The van der Waals surface area contributed by atoms with Crippen LogP contribution in [-0.4, -0.2) is 10.9 Å². The van der Waals surface area contributed by atoms with Gasteiger partial charge >= 0.3 is 0 Å². The molecule has 0 atom stereocenters. The summed E-state index contributed by atoms with van der Waals surface area (Å²) in [6, 6.07) is 9.66. The SMILES string of the molecule is Cc1ccc(C)c(CNC(=O)c2ccncc2)c1.Cl. The minimum Gasteiger partial charge on any atom is -0.348 e. The van der Waals surface area contributed by atoms with E-state index >= 15 is 0 Å². The van der Waals surface area contributed by atoms with E-state index in [4.69, 9.17) is 0 Å². The van der Waals surface area contributed by atoms with Gasteiger partial charge in [-0.2, -0.15) is 0 Å². The molecule has 1 aromatic heterocycles. The van der Waals surface area contributed by atoms with E-state index in [0.717, 1.165) is 5.56 Å². The lowest BCUT2D eigenvalue weighted by molar-refractivity contribution is 0.0951. The van der Waals surface area contributed by atoms with Crippen LogP contribution in [0.25, 0.3) is 0 Å². The smallest absolute Gasteiger partial charge is 0.251 e. The predicted molar refractivity (Wildman–Crippen MR) is 78.6 cm³/mol. The molecule has 1 aromatic carbocycles. The number of amides is 1. The average Bonchev–Trinajstić information content (AvgIpc) is 2.40. The van der Waals surface area contributed by atoms with Crippen LogP contribution in [0.1, 0.15) is 27.0 Å². The fourth-order valence-corrected chi connectivity index (χ4v) is 1.77. The van der Waals surface area contributed by atoms with Gasteiger partial charge in [-0.25, -0.2) is 0 Å². The van der Waals surface area contributed by atoms with Crippen molar-refractivity contribution in [3.05, 3.63) is 65.0 Å². The third kappa shape index (κ3) is 4.07. The third-order valence-corrected chi connectivity index (χ3v) is 2.89. The summed E-state index contributed by atoms with van der Waals surface area (Å²) in [6.45, 7) is 4.65. The molecule has 3 nitrogen and oxygen atoms in total. The summed E-state index contributed by atoms with van der Waals surface area (Å²) in [5.41, 5.74) is 4.18. The van der Waals surface area contributed by atoms with E-state index in [-0.39, 0.29) is 18.3 Å². The molecule has 1 heterocycles. The molecule has 0 radical (unpaired) electrons. The summed E-state index contributed by atoms with van der Waals surface area (Å²) < 4.78 is 0. The standard InChI is InChI=1S/C15H16N2O.ClH/c1-11-3-4-12(2)14(9-11)10-17-15(18)13-5-7-16-8-6-13;/h3-9H,10H2,1-2H3,(H,17,18);1H. The molecule has 1 N–H and O–H groups in total. The molecule has 0 aliphatic heterocycles. The number of pyridine rings is 1. The van der Waals surface area contributed by atoms with Gasteiger partial charge in [0.05, 0.1) is 0 Å². The molecule has 0 aliphatic carbocycles. The van der Waals surface area contributed by atoms with Gasteiger partial charge in [0.1, 0.15) is 0 Å². The summed E-state index contributed by atoms with van der Waals surface area (Å²) in [6.07, 6.45) is 3.24. The normalized spacial score (nSPS) is 9.58. The van der Waals surface area contributed by atoms with Crippen LogP contribution in [0, 0.1) is 13.8 Å². The number of carbonyl (C=O) groups is 1. The van der Waals surface area contributed by atoms with Crippen LogP contribution in [0.4, 0.5) is 0 Å². The Morgan fingerprint density at radius 2 is 1.84 bits per heavy atom. The molecule has 2 aromatic rings. The van der Waals surface area contributed by atoms with Crippen LogP contribution >= 0.6 is 12.4 Å². The highest BCUT2D eigenvalue weighted by molar-refractivity contribution is 5.93. The number of nitrogens with one attached hydrogen (secondary N) is 1. The first-order valence-electron chi connectivity index (χ1n) is 5.91. The molecule has 0 aliphatic rings. The quantitative estimate of drug-likeness (QED) is 0.936. The second-order valence-electron chi connectivity index (χ2n) is 4.35. The minimum atomic E-state index is -0.0710. The number of carbonyl (C=O) groups excluding carboxylic acids is 1. The lowest BCUT2D eigenvalue weighted by Crippen LogP contribution is -2.23. The van der Waals surface area contributed by atoms with E-state index in [1.54, 1.807) is 24.5 Å².